The monoisotopic (exact) mass is 546 g/mol. The Kier molecular flexibility index (Phi) is 11.5. The topological polar surface area (TPSA) is 81.7 Å². The number of unbranched alkanes of at least 4 members (excludes halogenated alkanes) is 1. The van der Waals surface area contributed by atoms with Crippen LogP contribution in [0, 0.1) is 12.8 Å². The number of ether oxygens (including phenoxy) is 2. The number of esters is 2. The third kappa shape index (κ3) is 7.45. The number of hydrogen-bond donors (Lipinski definition) is 1. The zero-order valence-electron chi connectivity index (χ0n) is 19.0. The van der Waals surface area contributed by atoms with E-state index in [1.54, 1.807) is 12.1 Å². The molecule has 2 atom stereocenters. The summed E-state index contributed by atoms with van der Waals surface area (Å²) in [6, 6.07) is 5.24. The van der Waals surface area contributed by atoms with E-state index >= 15 is 0 Å². The van der Waals surface area contributed by atoms with Crippen molar-refractivity contribution in [1.29, 1.82) is 0 Å². The van der Waals surface area contributed by atoms with E-state index in [0.29, 0.717) is 28.9 Å². The van der Waals surface area contributed by atoms with Crippen molar-refractivity contribution >= 4 is 23.5 Å². The van der Waals surface area contributed by atoms with Gasteiger partial charge in [0.15, 0.2) is 6.54 Å². The number of anilines is 1. The molecule has 0 spiro atoms. The van der Waals surface area contributed by atoms with Crippen LogP contribution in [0.1, 0.15) is 55.5 Å². The maximum absolute atomic E-state index is 13.0. The predicted molar refractivity (Wildman–Crippen MR) is 115 cm³/mol. The van der Waals surface area contributed by atoms with E-state index in [1.807, 2.05) is 19.9 Å². The van der Waals surface area contributed by atoms with Crippen molar-refractivity contribution in [3.63, 3.8) is 0 Å². The molecular weight excluding hydrogens is 511 g/mol. The van der Waals surface area contributed by atoms with Crippen LogP contribution in [-0.2, 0) is 19.1 Å². The lowest BCUT2D eigenvalue weighted by molar-refractivity contribution is -0.925. The summed E-state index contributed by atoms with van der Waals surface area (Å²) in [6.07, 6.45) is 3.54. The number of likely N-dealkylation sites (tertiary alicyclic amines) is 1. The summed E-state index contributed by atoms with van der Waals surface area (Å²) in [5.41, 5.74) is 1.62. The SMILES string of the molecule is CCCCOC(=O)C1CCC[N+](CC)(CC(=O)Nc2c(C)cccc2C(=O)OC)C1.[I-]. The van der Waals surface area contributed by atoms with Crippen LogP contribution in [0.2, 0.25) is 0 Å². The Balaban J connectivity index is 0.00000480. The normalized spacial score (nSPS) is 20.3. The summed E-state index contributed by atoms with van der Waals surface area (Å²) in [5.74, 6) is -0.976. The molecular formula is C23H35IN2O5. The molecule has 0 bridgehead atoms. The lowest BCUT2D eigenvalue weighted by atomic mass is 9.95. The number of likely N-dealkylation sites (N-methyl/N-ethyl adjacent to an activating group) is 1. The maximum atomic E-state index is 13.0. The highest BCUT2D eigenvalue weighted by Crippen LogP contribution is 2.26. The molecule has 1 N–H and O–H groups in total. The van der Waals surface area contributed by atoms with Crippen LogP contribution >= 0.6 is 0 Å². The molecule has 1 aliphatic rings. The smallest absolute Gasteiger partial charge is 0.339 e. The van der Waals surface area contributed by atoms with Gasteiger partial charge in [-0.2, -0.15) is 0 Å². The van der Waals surface area contributed by atoms with E-state index in [-0.39, 0.29) is 48.3 Å². The van der Waals surface area contributed by atoms with Crippen molar-refractivity contribution in [2.45, 2.75) is 46.5 Å². The first-order valence-electron chi connectivity index (χ1n) is 10.8. The fourth-order valence-electron chi connectivity index (χ4n) is 4.09. The molecule has 0 saturated carbocycles. The van der Waals surface area contributed by atoms with Gasteiger partial charge in [0.1, 0.15) is 5.92 Å². The molecule has 8 heteroatoms. The summed E-state index contributed by atoms with van der Waals surface area (Å²) in [6.45, 7) is 8.87. The van der Waals surface area contributed by atoms with Gasteiger partial charge in [0, 0.05) is 0 Å². The van der Waals surface area contributed by atoms with Crippen LogP contribution < -0.4 is 29.3 Å². The molecule has 1 heterocycles. The van der Waals surface area contributed by atoms with Crippen LogP contribution in [-0.4, -0.2) is 62.2 Å². The van der Waals surface area contributed by atoms with Crippen molar-refractivity contribution in [1.82, 2.24) is 0 Å². The van der Waals surface area contributed by atoms with Crippen LogP contribution in [0.15, 0.2) is 18.2 Å². The Labute approximate surface area is 202 Å². The van der Waals surface area contributed by atoms with Crippen LogP contribution in [0.3, 0.4) is 0 Å². The molecule has 174 valence electrons. The third-order valence-corrected chi connectivity index (χ3v) is 5.96. The number of quaternary nitrogens is 1. The molecule has 1 amide bonds. The summed E-state index contributed by atoms with van der Waals surface area (Å²) in [4.78, 5) is 37.5. The van der Waals surface area contributed by atoms with Gasteiger partial charge < -0.3 is 43.3 Å². The third-order valence-electron chi connectivity index (χ3n) is 5.96. The van der Waals surface area contributed by atoms with Gasteiger partial charge in [-0.3, -0.25) is 9.59 Å². The van der Waals surface area contributed by atoms with E-state index in [9.17, 15) is 14.4 Å². The fourth-order valence-corrected chi connectivity index (χ4v) is 4.09. The summed E-state index contributed by atoms with van der Waals surface area (Å²) in [5, 5.41) is 2.91. The summed E-state index contributed by atoms with van der Waals surface area (Å²) >= 11 is 0. The zero-order valence-corrected chi connectivity index (χ0v) is 21.2. The number of amides is 1. The average molecular weight is 546 g/mol. The number of methoxy groups -OCH3 is 1. The molecule has 1 aliphatic heterocycles. The number of hydrogen-bond acceptors (Lipinski definition) is 5. The van der Waals surface area contributed by atoms with Crippen molar-refractivity contribution in [2.24, 2.45) is 5.92 Å². The largest absolute Gasteiger partial charge is 1.00 e. The number of carbonyl (C=O) groups excluding carboxylic acids is 3. The lowest BCUT2D eigenvalue weighted by Crippen LogP contribution is -3.00. The quantitative estimate of drug-likeness (QED) is 0.209. The number of nitrogens with zero attached hydrogens (tertiary/aromatic N) is 1. The van der Waals surface area contributed by atoms with Gasteiger partial charge in [0.25, 0.3) is 5.91 Å². The van der Waals surface area contributed by atoms with Crippen LogP contribution in [0.25, 0.3) is 0 Å². The Morgan fingerprint density at radius 1 is 1.23 bits per heavy atom. The molecule has 0 radical (unpaired) electrons. The molecule has 1 aromatic rings. The van der Waals surface area contributed by atoms with E-state index in [4.69, 9.17) is 9.47 Å². The molecule has 0 aliphatic carbocycles. The predicted octanol–water partition coefficient (Wildman–Crippen LogP) is 0.314. The Morgan fingerprint density at radius 2 is 1.97 bits per heavy atom. The minimum absolute atomic E-state index is 0. The van der Waals surface area contributed by atoms with Crippen molar-refractivity contribution in [3.05, 3.63) is 29.3 Å². The highest BCUT2D eigenvalue weighted by Gasteiger charge is 2.39. The molecule has 1 aromatic carbocycles. The van der Waals surface area contributed by atoms with Crippen LogP contribution in [0.5, 0.6) is 0 Å². The van der Waals surface area contributed by atoms with Crippen molar-refractivity contribution in [3.8, 4) is 0 Å². The van der Waals surface area contributed by atoms with Gasteiger partial charge >= 0.3 is 11.9 Å². The number of rotatable bonds is 9. The first kappa shape index (κ1) is 27.4. The van der Waals surface area contributed by atoms with E-state index in [1.165, 1.54) is 7.11 Å². The number of benzene rings is 1. The molecule has 1 saturated heterocycles. The van der Waals surface area contributed by atoms with Crippen molar-refractivity contribution < 1.29 is 52.3 Å². The molecule has 7 nitrogen and oxygen atoms in total. The number of nitrogens with one attached hydrogen (secondary N) is 1. The Morgan fingerprint density at radius 3 is 2.61 bits per heavy atom. The lowest BCUT2D eigenvalue weighted by Gasteiger charge is -2.42. The number of aryl methyl sites for hydroxylation is 1. The standard InChI is InChI=1S/C23H34N2O5.HI/c1-5-7-14-30-22(27)18-11-9-13-25(6-2,15-18)16-20(26)24-21-17(3)10-8-12-19(21)23(28)29-4;/h8,10,12,18H,5-7,9,11,13-16H2,1-4H3;1H. The van der Waals surface area contributed by atoms with Gasteiger partial charge in [0.05, 0.1) is 44.6 Å². The second kappa shape index (κ2) is 13.0. The fraction of sp³-hybridized carbons (Fsp3) is 0.609. The zero-order chi connectivity index (χ0) is 22.1. The van der Waals surface area contributed by atoms with E-state index in [0.717, 1.165) is 44.3 Å². The summed E-state index contributed by atoms with van der Waals surface area (Å²) < 4.78 is 10.8. The first-order chi connectivity index (χ1) is 14.4. The number of para-hydroxylation sites is 1. The number of carbonyl (C=O) groups is 3. The van der Waals surface area contributed by atoms with Gasteiger partial charge in [-0.05, 0) is 44.7 Å². The maximum Gasteiger partial charge on any atom is 0.339 e. The molecule has 2 unspecified atom stereocenters. The number of piperidine rings is 1. The number of halogens is 1. The van der Waals surface area contributed by atoms with Gasteiger partial charge in [-0.1, -0.05) is 25.5 Å². The van der Waals surface area contributed by atoms with E-state index < -0.39 is 5.97 Å². The average Bonchev–Trinajstić information content (AvgIpc) is 2.74. The van der Waals surface area contributed by atoms with Gasteiger partial charge in [-0.15, -0.1) is 0 Å². The molecule has 1 fully saturated rings. The minimum atomic E-state index is -0.485. The Hall–Kier alpha value is -1.68. The van der Waals surface area contributed by atoms with Gasteiger partial charge in [0.2, 0.25) is 0 Å². The van der Waals surface area contributed by atoms with E-state index in [2.05, 4.69) is 12.2 Å². The van der Waals surface area contributed by atoms with Gasteiger partial charge in [-0.25, -0.2) is 4.79 Å². The second-order valence-corrected chi connectivity index (χ2v) is 8.12. The first-order valence-corrected chi connectivity index (χ1v) is 10.8. The highest BCUT2D eigenvalue weighted by atomic mass is 127. The molecule has 2 rings (SSSR count). The molecule has 31 heavy (non-hydrogen) atoms. The minimum Gasteiger partial charge on any atom is -1.00 e. The Bertz CT molecular complexity index is 770. The highest BCUT2D eigenvalue weighted by molar-refractivity contribution is 6.02. The van der Waals surface area contributed by atoms with Crippen LogP contribution in [0.4, 0.5) is 5.69 Å². The summed E-state index contributed by atoms with van der Waals surface area (Å²) in [7, 11) is 1.32. The van der Waals surface area contributed by atoms with Crippen molar-refractivity contribution in [2.75, 3.05) is 45.2 Å². The second-order valence-electron chi connectivity index (χ2n) is 8.12. The molecule has 0 aromatic heterocycles.